The van der Waals surface area contributed by atoms with E-state index in [0.29, 0.717) is 16.6 Å². The molecule has 2 rings (SSSR count). The van der Waals surface area contributed by atoms with Crippen LogP contribution in [0.15, 0.2) is 6.07 Å². The first-order chi connectivity index (χ1) is 5.66. The summed E-state index contributed by atoms with van der Waals surface area (Å²) >= 11 is 1.42. The largest absolute Gasteiger partial charge is 0.383 e. The van der Waals surface area contributed by atoms with Gasteiger partial charge in [-0.05, 0) is 18.6 Å². The van der Waals surface area contributed by atoms with Crippen molar-refractivity contribution in [3.8, 4) is 0 Å². The van der Waals surface area contributed by atoms with Gasteiger partial charge in [-0.25, -0.2) is 9.97 Å². The first-order valence-electron chi connectivity index (χ1n) is 3.46. The predicted octanol–water partition coefficient (Wildman–Crippen LogP) is 1.16. The molecule has 0 fully saturated rings. The van der Waals surface area contributed by atoms with Crippen molar-refractivity contribution in [2.24, 2.45) is 0 Å². The molecule has 0 saturated heterocycles. The van der Waals surface area contributed by atoms with Gasteiger partial charge in [-0.15, -0.1) is 0 Å². The van der Waals surface area contributed by atoms with E-state index in [0.717, 1.165) is 10.3 Å². The van der Waals surface area contributed by atoms with Crippen LogP contribution in [0.4, 0.5) is 10.9 Å². The van der Waals surface area contributed by atoms with Crippen LogP contribution < -0.4 is 11.5 Å². The van der Waals surface area contributed by atoms with Crippen LogP contribution in [0.3, 0.4) is 0 Å². The molecule has 5 heteroatoms. The molecule has 12 heavy (non-hydrogen) atoms. The molecule has 0 bridgehead atoms. The summed E-state index contributed by atoms with van der Waals surface area (Å²) in [5.74, 6) is 0.521. The Morgan fingerprint density at radius 2 is 2.08 bits per heavy atom. The molecule has 2 aromatic rings. The average Bonchev–Trinajstić information content (AvgIpc) is 2.30. The number of fused-ring (bicyclic) bond motifs is 1. The van der Waals surface area contributed by atoms with Crippen molar-refractivity contribution < 1.29 is 0 Å². The number of anilines is 2. The summed E-state index contributed by atoms with van der Waals surface area (Å²) in [7, 11) is 0. The van der Waals surface area contributed by atoms with Gasteiger partial charge in [0.25, 0.3) is 0 Å². The highest BCUT2D eigenvalue weighted by atomic mass is 32.1. The number of nitrogens with zero attached hydrogens (tertiary/aromatic N) is 2. The standard InChI is InChI=1S/C7H8N4S/c1-3-2-4-6(10-5(3)8)11-7(9)12-4/h2H,1H3,(H4,8,9,10,11). The zero-order chi connectivity index (χ0) is 8.72. The summed E-state index contributed by atoms with van der Waals surface area (Å²) in [4.78, 5) is 8.11. The molecule has 0 aliphatic carbocycles. The highest BCUT2D eigenvalue weighted by Crippen LogP contribution is 2.24. The average molecular weight is 180 g/mol. The lowest BCUT2D eigenvalue weighted by atomic mass is 10.3. The summed E-state index contributed by atoms with van der Waals surface area (Å²) < 4.78 is 0.985. The Morgan fingerprint density at radius 1 is 1.33 bits per heavy atom. The predicted molar refractivity (Wildman–Crippen MR) is 51.0 cm³/mol. The highest BCUT2D eigenvalue weighted by molar-refractivity contribution is 7.22. The SMILES string of the molecule is Cc1cc2sc(N)nc2nc1N. The molecular weight excluding hydrogens is 172 g/mol. The van der Waals surface area contributed by atoms with E-state index in [9.17, 15) is 0 Å². The van der Waals surface area contributed by atoms with Crippen LogP contribution in [0.2, 0.25) is 0 Å². The summed E-state index contributed by atoms with van der Waals surface area (Å²) in [5.41, 5.74) is 12.7. The van der Waals surface area contributed by atoms with Crippen LogP contribution in [0.5, 0.6) is 0 Å². The summed E-state index contributed by atoms with van der Waals surface area (Å²) in [6, 6.07) is 1.95. The Morgan fingerprint density at radius 3 is 2.83 bits per heavy atom. The molecule has 2 heterocycles. The minimum atomic E-state index is 0.521. The Labute approximate surface area is 73.2 Å². The second-order valence-corrected chi connectivity index (χ2v) is 3.63. The number of hydrogen-bond acceptors (Lipinski definition) is 5. The van der Waals surface area contributed by atoms with Gasteiger partial charge in [-0.1, -0.05) is 11.3 Å². The van der Waals surface area contributed by atoms with E-state index in [1.807, 2.05) is 13.0 Å². The molecule has 2 aromatic heterocycles. The van der Waals surface area contributed by atoms with Gasteiger partial charge in [-0.3, -0.25) is 0 Å². The van der Waals surface area contributed by atoms with Gasteiger partial charge in [0.2, 0.25) is 0 Å². The van der Waals surface area contributed by atoms with E-state index in [-0.39, 0.29) is 0 Å². The van der Waals surface area contributed by atoms with Gasteiger partial charge in [-0.2, -0.15) is 0 Å². The molecule has 0 atom stereocenters. The molecule has 4 N–H and O–H groups in total. The molecule has 0 unspecified atom stereocenters. The number of rotatable bonds is 0. The fourth-order valence-electron chi connectivity index (χ4n) is 0.988. The third-order valence-electron chi connectivity index (χ3n) is 1.63. The Hall–Kier alpha value is -1.36. The number of aryl methyl sites for hydroxylation is 1. The monoisotopic (exact) mass is 180 g/mol. The minimum absolute atomic E-state index is 0.521. The van der Waals surface area contributed by atoms with Crippen molar-refractivity contribution in [2.45, 2.75) is 6.92 Å². The first-order valence-corrected chi connectivity index (χ1v) is 4.27. The zero-order valence-electron chi connectivity index (χ0n) is 6.53. The lowest BCUT2D eigenvalue weighted by Crippen LogP contribution is -1.93. The molecule has 0 aromatic carbocycles. The molecular formula is C7H8N4S. The number of thiazole rings is 1. The lowest BCUT2D eigenvalue weighted by Gasteiger charge is -1.95. The van der Waals surface area contributed by atoms with Gasteiger partial charge in [0, 0.05) is 0 Å². The van der Waals surface area contributed by atoms with Gasteiger partial charge >= 0.3 is 0 Å². The topological polar surface area (TPSA) is 77.8 Å². The third-order valence-corrected chi connectivity index (χ3v) is 2.45. The molecule has 0 aliphatic heterocycles. The molecule has 0 spiro atoms. The molecule has 0 aliphatic rings. The number of pyridine rings is 1. The maximum absolute atomic E-state index is 5.61. The number of hydrogen-bond donors (Lipinski definition) is 2. The number of nitrogens with two attached hydrogens (primary N) is 2. The lowest BCUT2D eigenvalue weighted by molar-refractivity contribution is 1.30. The Bertz CT molecular complexity index is 395. The van der Waals surface area contributed by atoms with Crippen LogP contribution >= 0.6 is 11.3 Å². The maximum Gasteiger partial charge on any atom is 0.182 e. The molecule has 4 nitrogen and oxygen atoms in total. The van der Waals surface area contributed by atoms with Crippen LogP contribution in [0.1, 0.15) is 5.56 Å². The molecule has 0 amide bonds. The fourth-order valence-corrected chi connectivity index (χ4v) is 1.76. The normalized spacial score (nSPS) is 10.8. The van der Waals surface area contributed by atoms with Gasteiger partial charge in [0.1, 0.15) is 5.82 Å². The minimum Gasteiger partial charge on any atom is -0.383 e. The zero-order valence-corrected chi connectivity index (χ0v) is 7.35. The number of nitrogen functional groups attached to an aromatic ring is 2. The van der Waals surface area contributed by atoms with E-state index in [2.05, 4.69) is 9.97 Å². The van der Waals surface area contributed by atoms with Gasteiger partial charge < -0.3 is 11.5 Å². The van der Waals surface area contributed by atoms with E-state index in [4.69, 9.17) is 11.5 Å². The Kier molecular flexibility index (Phi) is 1.41. The fraction of sp³-hybridized carbons (Fsp3) is 0.143. The number of aromatic nitrogens is 2. The van der Waals surface area contributed by atoms with Crippen molar-refractivity contribution >= 4 is 32.6 Å². The smallest absolute Gasteiger partial charge is 0.182 e. The van der Waals surface area contributed by atoms with Crippen molar-refractivity contribution in [3.63, 3.8) is 0 Å². The van der Waals surface area contributed by atoms with Crippen LogP contribution in [0.25, 0.3) is 10.3 Å². The van der Waals surface area contributed by atoms with E-state index >= 15 is 0 Å². The first kappa shape index (κ1) is 7.30. The van der Waals surface area contributed by atoms with Crippen molar-refractivity contribution in [3.05, 3.63) is 11.6 Å². The van der Waals surface area contributed by atoms with Gasteiger partial charge in [0.15, 0.2) is 10.8 Å². The van der Waals surface area contributed by atoms with Gasteiger partial charge in [0.05, 0.1) is 4.70 Å². The van der Waals surface area contributed by atoms with E-state index in [1.165, 1.54) is 11.3 Å². The van der Waals surface area contributed by atoms with E-state index < -0.39 is 0 Å². The van der Waals surface area contributed by atoms with E-state index in [1.54, 1.807) is 0 Å². The van der Waals surface area contributed by atoms with Crippen LogP contribution in [0, 0.1) is 6.92 Å². The second-order valence-electron chi connectivity index (χ2n) is 2.56. The highest BCUT2D eigenvalue weighted by Gasteiger charge is 2.04. The quantitative estimate of drug-likeness (QED) is 0.637. The molecule has 62 valence electrons. The maximum atomic E-state index is 5.61. The van der Waals surface area contributed by atoms with Crippen molar-refractivity contribution in [1.82, 2.24) is 9.97 Å². The second kappa shape index (κ2) is 2.31. The van der Waals surface area contributed by atoms with Crippen LogP contribution in [-0.2, 0) is 0 Å². The van der Waals surface area contributed by atoms with Crippen molar-refractivity contribution in [2.75, 3.05) is 11.5 Å². The Balaban J connectivity index is 2.83. The third kappa shape index (κ3) is 0.984. The molecule has 0 radical (unpaired) electrons. The summed E-state index contributed by atoms with van der Waals surface area (Å²) in [5, 5.41) is 0.530. The summed E-state index contributed by atoms with van der Waals surface area (Å²) in [6.07, 6.45) is 0. The van der Waals surface area contributed by atoms with Crippen LogP contribution in [-0.4, -0.2) is 9.97 Å². The molecule has 0 saturated carbocycles. The summed E-state index contributed by atoms with van der Waals surface area (Å²) in [6.45, 7) is 1.91. The van der Waals surface area contributed by atoms with Crippen molar-refractivity contribution in [1.29, 1.82) is 0 Å².